The van der Waals surface area contributed by atoms with Crippen molar-refractivity contribution in [3.05, 3.63) is 58.9 Å². The third-order valence-electron chi connectivity index (χ3n) is 4.79. The van der Waals surface area contributed by atoms with E-state index in [1.54, 1.807) is 26.0 Å². The molecule has 0 aliphatic carbocycles. The second-order valence-corrected chi connectivity index (χ2v) is 8.37. The normalized spacial score (nSPS) is 14.1. The largest absolute Gasteiger partial charge is 0.281 e. The Kier molecular flexibility index (Phi) is 4.28. The van der Waals surface area contributed by atoms with Gasteiger partial charge in [-0.25, -0.2) is 13.1 Å². The number of amides is 2. The number of aryl methyl sites for hydroxylation is 2. The molecule has 4 rings (SSSR count). The number of rotatable bonds is 5. The molecule has 3 aromatic rings. The molecule has 1 aliphatic rings. The molecule has 2 amide bonds. The Morgan fingerprint density at radius 1 is 1.04 bits per heavy atom. The van der Waals surface area contributed by atoms with Crippen molar-refractivity contribution in [1.82, 2.24) is 19.8 Å². The summed E-state index contributed by atoms with van der Waals surface area (Å²) in [5.41, 5.74) is 1.47. The second-order valence-electron chi connectivity index (χ2n) is 6.67. The van der Waals surface area contributed by atoms with E-state index in [0.29, 0.717) is 22.5 Å². The highest BCUT2D eigenvalue weighted by Crippen LogP contribution is 2.27. The van der Waals surface area contributed by atoms with E-state index in [0.717, 1.165) is 15.7 Å². The molecule has 0 saturated heterocycles. The topological polar surface area (TPSA) is 112 Å². The molecule has 0 spiro atoms. The van der Waals surface area contributed by atoms with Crippen LogP contribution in [-0.4, -0.2) is 48.4 Å². The SMILES string of the molecule is Cc1n[nH]c(C)c1S(=O)(=O)NCCN1C(=O)c2cc3ccccc3cc2C1=O. The number of carbonyl (C=O) groups is 2. The summed E-state index contributed by atoms with van der Waals surface area (Å²) < 4.78 is 27.4. The second kappa shape index (κ2) is 6.54. The standard InChI is InChI=1S/C19H18N4O4S/c1-11-17(12(2)22-21-11)28(26,27)20-7-8-23-18(24)15-9-13-5-3-4-6-14(13)10-16(15)19(23)25/h3-6,9-10,20H,7-8H2,1-2H3,(H,21,22). The van der Waals surface area contributed by atoms with Gasteiger partial charge in [0.2, 0.25) is 10.0 Å². The monoisotopic (exact) mass is 398 g/mol. The Bertz CT molecular complexity index is 1160. The highest BCUT2D eigenvalue weighted by molar-refractivity contribution is 7.89. The zero-order valence-corrected chi connectivity index (χ0v) is 16.1. The van der Waals surface area contributed by atoms with Gasteiger partial charge in [-0.3, -0.25) is 19.6 Å². The zero-order chi connectivity index (χ0) is 20.1. The van der Waals surface area contributed by atoms with Crippen molar-refractivity contribution in [3.8, 4) is 0 Å². The number of aromatic nitrogens is 2. The number of hydrogen-bond acceptors (Lipinski definition) is 5. The summed E-state index contributed by atoms with van der Waals surface area (Å²) in [4.78, 5) is 26.5. The Labute approximate surface area is 161 Å². The van der Waals surface area contributed by atoms with E-state index in [4.69, 9.17) is 0 Å². The van der Waals surface area contributed by atoms with Gasteiger partial charge in [-0.1, -0.05) is 24.3 Å². The van der Waals surface area contributed by atoms with Crippen LogP contribution in [0.4, 0.5) is 0 Å². The number of imide groups is 1. The van der Waals surface area contributed by atoms with Crippen molar-refractivity contribution in [2.45, 2.75) is 18.7 Å². The van der Waals surface area contributed by atoms with Crippen LogP contribution in [0.15, 0.2) is 41.3 Å². The van der Waals surface area contributed by atoms with Crippen LogP contribution in [0.2, 0.25) is 0 Å². The molecule has 2 aromatic carbocycles. The van der Waals surface area contributed by atoms with Crippen molar-refractivity contribution in [2.75, 3.05) is 13.1 Å². The third-order valence-corrected chi connectivity index (χ3v) is 6.52. The van der Waals surface area contributed by atoms with Crippen LogP contribution in [0.3, 0.4) is 0 Å². The number of H-pyrrole nitrogens is 1. The Morgan fingerprint density at radius 2 is 1.61 bits per heavy atom. The summed E-state index contributed by atoms with van der Waals surface area (Å²) in [6.07, 6.45) is 0. The van der Waals surface area contributed by atoms with Crippen LogP contribution in [0.1, 0.15) is 32.1 Å². The smallest absolute Gasteiger partial charge is 0.261 e. The number of aromatic amines is 1. The van der Waals surface area contributed by atoms with E-state index < -0.39 is 21.8 Å². The van der Waals surface area contributed by atoms with Gasteiger partial charge in [0.25, 0.3) is 11.8 Å². The minimum absolute atomic E-state index is 0.0577. The van der Waals surface area contributed by atoms with E-state index in [-0.39, 0.29) is 18.0 Å². The quantitative estimate of drug-likeness (QED) is 0.636. The van der Waals surface area contributed by atoms with Gasteiger partial charge in [-0.05, 0) is 36.8 Å². The molecule has 0 atom stereocenters. The molecule has 2 N–H and O–H groups in total. The molecule has 0 bridgehead atoms. The molecular weight excluding hydrogens is 380 g/mol. The summed E-state index contributed by atoms with van der Waals surface area (Å²) in [6, 6.07) is 10.9. The molecule has 1 aromatic heterocycles. The molecule has 0 unspecified atom stereocenters. The molecule has 9 heteroatoms. The molecule has 0 radical (unpaired) electrons. The summed E-state index contributed by atoms with van der Waals surface area (Å²) in [7, 11) is -3.80. The number of nitrogens with one attached hydrogen (secondary N) is 2. The lowest BCUT2D eigenvalue weighted by molar-refractivity contribution is 0.0657. The van der Waals surface area contributed by atoms with Crippen molar-refractivity contribution in [1.29, 1.82) is 0 Å². The fraction of sp³-hybridized carbons (Fsp3) is 0.211. The number of carbonyl (C=O) groups excluding carboxylic acids is 2. The lowest BCUT2D eigenvalue weighted by Crippen LogP contribution is -2.38. The minimum atomic E-state index is -3.80. The van der Waals surface area contributed by atoms with Gasteiger partial charge >= 0.3 is 0 Å². The maximum atomic E-state index is 12.7. The average Bonchev–Trinajstić information content (AvgIpc) is 3.12. The summed E-state index contributed by atoms with van der Waals surface area (Å²) in [5, 5.41) is 8.25. The Morgan fingerprint density at radius 3 is 2.11 bits per heavy atom. The molecule has 28 heavy (non-hydrogen) atoms. The molecule has 2 heterocycles. The van der Waals surface area contributed by atoms with E-state index in [9.17, 15) is 18.0 Å². The molecule has 144 valence electrons. The van der Waals surface area contributed by atoms with Crippen LogP contribution in [0, 0.1) is 13.8 Å². The van der Waals surface area contributed by atoms with Gasteiger partial charge in [-0.15, -0.1) is 0 Å². The fourth-order valence-corrected chi connectivity index (χ4v) is 4.87. The van der Waals surface area contributed by atoms with Gasteiger partial charge in [0.05, 0.1) is 22.5 Å². The molecular formula is C19H18N4O4S. The van der Waals surface area contributed by atoms with E-state index in [1.807, 2.05) is 24.3 Å². The lowest BCUT2D eigenvalue weighted by Gasteiger charge is -2.14. The highest BCUT2D eigenvalue weighted by atomic mass is 32.2. The van der Waals surface area contributed by atoms with Crippen LogP contribution in [0.5, 0.6) is 0 Å². The van der Waals surface area contributed by atoms with E-state index in [1.165, 1.54) is 0 Å². The van der Waals surface area contributed by atoms with Crippen LogP contribution in [0.25, 0.3) is 10.8 Å². The highest BCUT2D eigenvalue weighted by Gasteiger charge is 2.35. The molecule has 8 nitrogen and oxygen atoms in total. The average molecular weight is 398 g/mol. The zero-order valence-electron chi connectivity index (χ0n) is 15.3. The first-order valence-corrected chi connectivity index (χ1v) is 10.2. The van der Waals surface area contributed by atoms with Crippen molar-refractivity contribution < 1.29 is 18.0 Å². The first-order valence-electron chi connectivity index (χ1n) is 8.70. The first kappa shape index (κ1) is 18.3. The molecule has 1 aliphatic heterocycles. The maximum absolute atomic E-state index is 12.7. The number of nitrogens with zero attached hydrogens (tertiary/aromatic N) is 2. The third kappa shape index (κ3) is 2.88. The molecule has 0 saturated carbocycles. The fourth-order valence-electron chi connectivity index (χ4n) is 3.48. The van der Waals surface area contributed by atoms with Gasteiger partial charge in [0, 0.05) is 13.1 Å². The number of fused-ring (bicyclic) bond motifs is 2. The number of benzene rings is 2. The first-order chi connectivity index (χ1) is 13.3. The minimum Gasteiger partial charge on any atom is -0.281 e. The Hall–Kier alpha value is -3.04. The van der Waals surface area contributed by atoms with Crippen molar-refractivity contribution >= 4 is 32.6 Å². The lowest BCUT2D eigenvalue weighted by atomic mass is 10.0. The van der Waals surface area contributed by atoms with Crippen LogP contribution >= 0.6 is 0 Å². The van der Waals surface area contributed by atoms with Crippen LogP contribution < -0.4 is 4.72 Å². The van der Waals surface area contributed by atoms with Gasteiger partial charge in [-0.2, -0.15) is 5.10 Å². The van der Waals surface area contributed by atoms with Crippen LogP contribution in [-0.2, 0) is 10.0 Å². The number of sulfonamides is 1. The van der Waals surface area contributed by atoms with Crippen molar-refractivity contribution in [3.63, 3.8) is 0 Å². The van der Waals surface area contributed by atoms with Crippen molar-refractivity contribution in [2.24, 2.45) is 0 Å². The van der Waals surface area contributed by atoms with E-state index >= 15 is 0 Å². The predicted molar refractivity (Wildman–Crippen MR) is 103 cm³/mol. The van der Waals surface area contributed by atoms with Gasteiger partial charge in [0.15, 0.2) is 0 Å². The Balaban J connectivity index is 1.52. The molecule has 0 fully saturated rings. The summed E-state index contributed by atoms with van der Waals surface area (Å²) in [5.74, 6) is -0.832. The summed E-state index contributed by atoms with van der Waals surface area (Å²) >= 11 is 0. The number of hydrogen-bond donors (Lipinski definition) is 2. The maximum Gasteiger partial charge on any atom is 0.261 e. The van der Waals surface area contributed by atoms with Gasteiger partial charge < -0.3 is 0 Å². The summed E-state index contributed by atoms with van der Waals surface area (Å²) in [6.45, 7) is 3.06. The van der Waals surface area contributed by atoms with Gasteiger partial charge in [0.1, 0.15) is 4.90 Å². The van der Waals surface area contributed by atoms with E-state index in [2.05, 4.69) is 14.9 Å². The predicted octanol–water partition coefficient (Wildman–Crippen LogP) is 1.75.